The van der Waals surface area contributed by atoms with E-state index < -0.39 is 0 Å². The Balaban J connectivity index is 1.87. The molecule has 0 saturated carbocycles. The van der Waals surface area contributed by atoms with E-state index in [-0.39, 0.29) is 0 Å². The van der Waals surface area contributed by atoms with Crippen molar-refractivity contribution in [3.63, 3.8) is 0 Å². The Morgan fingerprint density at radius 3 is 2.91 bits per heavy atom. The third kappa shape index (κ3) is 4.70. The van der Waals surface area contributed by atoms with Crippen molar-refractivity contribution in [1.82, 2.24) is 5.32 Å². The molecule has 0 spiro atoms. The second-order valence-corrected chi connectivity index (χ2v) is 4.72. The lowest BCUT2D eigenvalue weighted by molar-refractivity contribution is 0.503. The molecular formula is C9H19NS. The van der Waals surface area contributed by atoms with Crippen molar-refractivity contribution < 1.29 is 0 Å². The Labute approximate surface area is 74.3 Å². The summed E-state index contributed by atoms with van der Waals surface area (Å²) < 4.78 is 0. The maximum Gasteiger partial charge on any atom is 0.0139 e. The van der Waals surface area contributed by atoms with Crippen molar-refractivity contribution in [2.75, 3.05) is 12.3 Å². The molecular weight excluding hydrogens is 154 g/mol. The standard InChI is InChI=1S/C9H19NS/c1-3-6-10-8(2)4-5-9-7-11-9/h8-10H,3-7H2,1-2H3. The first-order valence-electron chi connectivity index (χ1n) is 4.68. The summed E-state index contributed by atoms with van der Waals surface area (Å²) in [6, 6.07) is 0.733. The molecule has 0 aromatic heterocycles. The van der Waals surface area contributed by atoms with Crippen LogP contribution >= 0.6 is 11.8 Å². The molecule has 1 heterocycles. The van der Waals surface area contributed by atoms with E-state index in [0.717, 1.165) is 11.3 Å². The van der Waals surface area contributed by atoms with E-state index in [1.54, 1.807) is 0 Å². The zero-order valence-electron chi connectivity index (χ0n) is 7.60. The summed E-state index contributed by atoms with van der Waals surface area (Å²) in [5.41, 5.74) is 0. The van der Waals surface area contributed by atoms with Crippen LogP contribution in [0.25, 0.3) is 0 Å². The molecule has 0 aromatic rings. The Kier molecular flexibility index (Phi) is 4.31. The van der Waals surface area contributed by atoms with Crippen LogP contribution in [-0.2, 0) is 0 Å². The highest BCUT2D eigenvalue weighted by Crippen LogP contribution is 2.34. The lowest BCUT2D eigenvalue weighted by Gasteiger charge is -2.11. The molecule has 1 nitrogen and oxygen atoms in total. The highest BCUT2D eigenvalue weighted by atomic mass is 32.2. The van der Waals surface area contributed by atoms with Gasteiger partial charge in [-0.15, -0.1) is 0 Å². The van der Waals surface area contributed by atoms with Crippen LogP contribution in [0, 0.1) is 0 Å². The highest BCUT2D eigenvalue weighted by molar-refractivity contribution is 8.06. The molecule has 66 valence electrons. The van der Waals surface area contributed by atoms with Crippen LogP contribution < -0.4 is 5.32 Å². The molecule has 1 N–H and O–H groups in total. The lowest BCUT2D eigenvalue weighted by atomic mass is 10.1. The van der Waals surface area contributed by atoms with E-state index in [1.165, 1.54) is 31.6 Å². The number of rotatable bonds is 6. The topological polar surface area (TPSA) is 12.0 Å². The van der Waals surface area contributed by atoms with Crippen molar-refractivity contribution in [1.29, 1.82) is 0 Å². The minimum Gasteiger partial charge on any atom is -0.314 e. The van der Waals surface area contributed by atoms with Gasteiger partial charge in [0.05, 0.1) is 0 Å². The van der Waals surface area contributed by atoms with E-state index in [1.807, 2.05) is 0 Å². The minimum atomic E-state index is 0.733. The molecule has 2 unspecified atom stereocenters. The summed E-state index contributed by atoms with van der Waals surface area (Å²) in [5.74, 6) is 1.42. The van der Waals surface area contributed by atoms with Gasteiger partial charge in [0.15, 0.2) is 0 Å². The van der Waals surface area contributed by atoms with Gasteiger partial charge in [0.2, 0.25) is 0 Å². The SMILES string of the molecule is CCCNC(C)CCC1CS1. The fraction of sp³-hybridized carbons (Fsp3) is 1.00. The summed E-state index contributed by atoms with van der Waals surface area (Å²) in [6.07, 6.45) is 4.03. The van der Waals surface area contributed by atoms with Gasteiger partial charge >= 0.3 is 0 Å². The average molecular weight is 173 g/mol. The number of nitrogens with one attached hydrogen (secondary N) is 1. The second-order valence-electron chi connectivity index (χ2n) is 3.39. The molecule has 1 aliphatic rings. The van der Waals surface area contributed by atoms with Gasteiger partial charge in [-0.25, -0.2) is 0 Å². The molecule has 0 bridgehead atoms. The molecule has 0 radical (unpaired) electrons. The van der Waals surface area contributed by atoms with E-state index in [0.29, 0.717) is 0 Å². The highest BCUT2D eigenvalue weighted by Gasteiger charge is 2.22. The third-order valence-corrected chi connectivity index (χ3v) is 3.11. The van der Waals surface area contributed by atoms with Crippen molar-refractivity contribution in [3.05, 3.63) is 0 Å². The first-order valence-corrected chi connectivity index (χ1v) is 5.72. The zero-order chi connectivity index (χ0) is 8.10. The van der Waals surface area contributed by atoms with Gasteiger partial charge in [0.1, 0.15) is 0 Å². The van der Waals surface area contributed by atoms with Gasteiger partial charge in [-0.3, -0.25) is 0 Å². The Morgan fingerprint density at radius 2 is 2.36 bits per heavy atom. The van der Waals surface area contributed by atoms with Crippen LogP contribution in [-0.4, -0.2) is 23.6 Å². The minimum absolute atomic E-state index is 0.733. The van der Waals surface area contributed by atoms with Gasteiger partial charge in [-0.2, -0.15) is 11.8 Å². The third-order valence-electron chi connectivity index (χ3n) is 2.07. The normalized spacial score (nSPS) is 25.1. The predicted octanol–water partition coefficient (Wildman–Crippen LogP) is 2.27. The van der Waals surface area contributed by atoms with Crippen molar-refractivity contribution in [2.45, 2.75) is 44.4 Å². The van der Waals surface area contributed by atoms with Gasteiger partial charge in [0, 0.05) is 17.0 Å². The van der Waals surface area contributed by atoms with Crippen molar-refractivity contribution >= 4 is 11.8 Å². The van der Waals surface area contributed by atoms with E-state index >= 15 is 0 Å². The summed E-state index contributed by atoms with van der Waals surface area (Å²) in [6.45, 7) is 5.69. The molecule has 0 aliphatic carbocycles. The van der Waals surface area contributed by atoms with Gasteiger partial charge in [-0.05, 0) is 32.7 Å². The summed E-state index contributed by atoms with van der Waals surface area (Å²) in [7, 11) is 0. The Hall–Kier alpha value is 0.310. The number of thioether (sulfide) groups is 1. The van der Waals surface area contributed by atoms with Crippen molar-refractivity contribution in [2.24, 2.45) is 0 Å². The first kappa shape index (κ1) is 9.40. The fourth-order valence-electron chi connectivity index (χ4n) is 1.16. The van der Waals surface area contributed by atoms with Crippen LogP contribution in [0.3, 0.4) is 0 Å². The zero-order valence-corrected chi connectivity index (χ0v) is 8.41. The lowest BCUT2D eigenvalue weighted by Crippen LogP contribution is -2.26. The van der Waals surface area contributed by atoms with E-state index in [4.69, 9.17) is 0 Å². The molecule has 2 heteroatoms. The second kappa shape index (κ2) is 5.04. The smallest absolute Gasteiger partial charge is 0.0139 e. The average Bonchev–Trinajstić information content (AvgIpc) is 2.80. The van der Waals surface area contributed by atoms with Crippen LogP contribution in [0.1, 0.15) is 33.1 Å². The van der Waals surface area contributed by atoms with Gasteiger partial charge in [-0.1, -0.05) is 6.92 Å². The monoisotopic (exact) mass is 173 g/mol. The Bertz CT molecular complexity index is 102. The Morgan fingerprint density at radius 1 is 1.64 bits per heavy atom. The van der Waals surface area contributed by atoms with Crippen LogP contribution in [0.15, 0.2) is 0 Å². The molecule has 2 atom stereocenters. The van der Waals surface area contributed by atoms with Crippen LogP contribution in [0.4, 0.5) is 0 Å². The maximum atomic E-state index is 3.51. The molecule has 1 fully saturated rings. The molecule has 0 aromatic carbocycles. The molecule has 1 rings (SSSR count). The van der Waals surface area contributed by atoms with E-state index in [2.05, 4.69) is 30.9 Å². The number of hydrogen-bond donors (Lipinski definition) is 1. The van der Waals surface area contributed by atoms with Crippen molar-refractivity contribution in [3.8, 4) is 0 Å². The van der Waals surface area contributed by atoms with Crippen LogP contribution in [0.5, 0.6) is 0 Å². The van der Waals surface area contributed by atoms with E-state index in [9.17, 15) is 0 Å². The summed E-state index contributed by atoms with van der Waals surface area (Å²) in [4.78, 5) is 0. The molecule has 1 aliphatic heterocycles. The molecule has 11 heavy (non-hydrogen) atoms. The summed E-state index contributed by atoms with van der Waals surface area (Å²) in [5, 5.41) is 4.52. The molecule has 0 amide bonds. The molecule has 1 saturated heterocycles. The van der Waals surface area contributed by atoms with Gasteiger partial charge in [0.25, 0.3) is 0 Å². The first-order chi connectivity index (χ1) is 5.33. The number of hydrogen-bond acceptors (Lipinski definition) is 2. The fourth-order valence-corrected chi connectivity index (χ4v) is 1.77. The quantitative estimate of drug-likeness (QED) is 0.618. The predicted molar refractivity (Wildman–Crippen MR) is 53.2 cm³/mol. The van der Waals surface area contributed by atoms with Gasteiger partial charge < -0.3 is 5.32 Å². The maximum absolute atomic E-state index is 3.51. The summed E-state index contributed by atoms with van der Waals surface area (Å²) >= 11 is 2.11. The largest absolute Gasteiger partial charge is 0.314 e. The van der Waals surface area contributed by atoms with Crippen LogP contribution in [0.2, 0.25) is 0 Å².